The zero-order valence-corrected chi connectivity index (χ0v) is 15.9. The number of benzene rings is 1. The van der Waals surface area contributed by atoms with Crippen molar-refractivity contribution in [3.05, 3.63) is 57.3 Å². The summed E-state index contributed by atoms with van der Waals surface area (Å²) in [7, 11) is 0. The SMILES string of the molecule is C=CCSc1nc2c(c(=O)[nH]1)[C@H](C(=O)Nc1cccc(Br)c1)CC(=O)N2. The van der Waals surface area contributed by atoms with Gasteiger partial charge in [-0.1, -0.05) is 39.8 Å². The number of nitrogens with one attached hydrogen (secondary N) is 3. The number of fused-ring (bicyclic) bond motifs is 1. The van der Waals surface area contributed by atoms with Crippen molar-refractivity contribution in [2.45, 2.75) is 17.5 Å². The van der Waals surface area contributed by atoms with E-state index in [1.165, 1.54) is 11.8 Å². The fourth-order valence-corrected chi connectivity index (χ4v) is 3.57. The van der Waals surface area contributed by atoms with E-state index in [0.717, 1.165) is 4.47 Å². The van der Waals surface area contributed by atoms with E-state index in [9.17, 15) is 14.4 Å². The van der Waals surface area contributed by atoms with E-state index in [-0.39, 0.29) is 23.7 Å². The first kappa shape index (κ1) is 18.4. The van der Waals surface area contributed by atoms with Crippen LogP contribution in [0.3, 0.4) is 0 Å². The highest BCUT2D eigenvalue weighted by atomic mass is 79.9. The Kier molecular flexibility index (Phi) is 5.58. The third-order valence-corrected chi connectivity index (χ3v) is 5.04. The van der Waals surface area contributed by atoms with Crippen LogP contribution in [0.15, 0.2) is 51.3 Å². The number of carbonyl (C=O) groups excluding carboxylic acids is 2. The number of hydrogen-bond donors (Lipinski definition) is 3. The van der Waals surface area contributed by atoms with Crippen LogP contribution in [0.5, 0.6) is 0 Å². The van der Waals surface area contributed by atoms with Crippen LogP contribution < -0.4 is 16.2 Å². The van der Waals surface area contributed by atoms with Gasteiger partial charge in [-0.25, -0.2) is 4.98 Å². The van der Waals surface area contributed by atoms with E-state index in [1.54, 1.807) is 24.3 Å². The van der Waals surface area contributed by atoms with Gasteiger partial charge in [0.25, 0.3) is 5.56 Å². The molecule has 2 heterocycles. The molecule has 2 aromatic rings. The van der Waals surface area contributed by atoms with Crippen LogP contribution in [0.25, 0.3) is 0 Å². The van der Waals surface area contributed by atoms with Crippen molar-refractivity contribution in [1.29, 1.82) is 0 Å². The number of thioether (sulfide) groups is 1. The molecule has 0 aliphatic carbocycles. The summed E-state index contributed by atoms with van der Waals surface area (Å²) in [5.41, 5.74) is 0.301. The molecule has 0 bridgehead atoms. The lowest BCUT2D eigenvalue weighted by Gasteiger charge is -2.23. The maximum Gasteiger partial charge on any atom is 0.257 e. The molecule has 1 aliphatic rings. The normalized spacial score (nSPS) is 15.7. The second kappa shape index (κ2) is 7.88. The molecule has 1 aromatic carbocycles. The predicted octanol–water partition coefficient (Wildman–Crippen LogP) is 2.88. The van der Waals surface area contributed by atoms with Gasteiger partial charge >= 0.3 is 0 Å². The van der Waals surface area contributed by atoms with Gasteiger partial charge in [0.05, 0.1) is 11.5 Å². The van der Waals surface area contributed by atoms with Gasteiger partial charge in [0.15, 0.2) is 5.16 Å². The Morgan fingerprint density at radius 1 is 1.46 bits per heavy atom. The number of aromatic nitrogens is 2. The van der Waals surface area contributed by atoms with Crippen molar-refractivity contribution in [3.8, 4) is 0 Å². The second-order valence-electron chi connectivity index (χ2n) is 5.54. The third-order valence-electron chi connectivity index (χ3n) is 3.68. The Bertz CT molecular complexity index is 944. The molecule has 7 nitrogen and oxygen atoms in total. The number of aromatic amines is 1. The lowest BCUT2D eigenvalue weighted by atomic mass is 9.92. The molecule has 0 radical (unpaired) electrons. The van der Waals surface area contributed by atoms with Gasteiger partial charge in [-0.15, -0.1) is 6.58 Å². The zero-order chi connectivity index (χ0) is 18.7. The lowest BCUT2D eigenvalue weighted by Crippen LogP contribution is -2.36. The molecular weight excluding hydrogens is 420 g/mol. The number of nitrogens with zero attached hydrogens (tertiary/aromatic N) is 1. The van der Waals surface area contributed by atoms with E-state index in [4.69, 9.17) is 0 Å². The average molecular weight is 435 g/mol. The van der Waals surface area contributed by atoms with E-state index in [2.05, 4.69) is 43.1 Å². The summed E-state index contributed by atoms with van der Waals surface area (Å²) in [5.74, 6) is -1.01. The minimum Gasteiger partial charge on any atom is -0.326 e. The minimum absolute atomic E-state index is 0.114. The summed E-state index contributed by atoms with van der Waals surface area (Å²) >= 11 is 4.61. The molecule has 26 heavy (non-hydrogen) atoms. The molecular formula is C17H15BrN4O3S. The van der Waals surface area contributed by atoms with Crippen molar-refractivity contribution in [1.82, 2.24) is 9.97 Å². The molecule has 3 rings (SSSR count). The maximum absolute atomic E-state index is 12.7. The summed E-state index contributed by atoms with van der Waals surface area (Å²) in [6, 6.07) is 7.07. The van der Waals surface area contributed by atoms with Crippen LogP contribution >= 0.6 is 27.7 Å². The van der Waals surface area contributed by atoms with Gasteiger partial charge in [0.2, 0.25) is 11.8 Å². The lowest BCUT2D eigenvalue weighted by molar-refractivity contribution is -0.123. The number of anilines is 2. The summed E-state index contributed by atoms with van der Waals surface area (Å²) < 4.78 is 0.806. The summed E-state index contributed by atoms with van der Waals surface area (Å²) in [6.45, 7) is 3.61. The van der Waals surface area contributed by atoms with Crippen molar-refractivity contribution >= 4 is 51.0 Å². The molecule has 1 aliphatic heterocycles. The van der Waals surface area contributed by atoms with Gasteiger partial charge in [-0.2, -0.15) is 0 Å². The average Bonchev–Trinajstić information content (AvgIpc) is 2.58. The Hall–Kier alpha value is -2.39. The molecule has 2 amide bonds. The summed E-state index contributed by atoms with van der Waals surface area (Å²) in [6.07, 6.45) is 1.56. The quantitative estimate of drug-likeness (QED) is 0.381. The van der Waals surface area contributed by atoms with E-state index < -0.39 is 17.4 Å². The number of rotatable bonds is 5. The number of carbonyl (C=O) groups is 2. The number of hydrogen-bond acceptors (Lipinski definition) is 5. The molecule has 0 saturated heterocycles. The highest BCUT2D eigenvalue weighted by Gasteiger charge is 2.34. The van der Waals surface area contributed by atoms with Crippen molar-refractivity contribution in [2.24, 2.45) is 0 Å². The first-order chi connectivity index (χ1) is 12.5. The number of halogens is 1. The topological polar surface area (TPSA) is 104 Å². The van der Waals surface area contributed by atoms with E-state index in [1.807, 2.05) is 6.07 Å². The molecule has 1 atom stereocenters. The molecule has 0 unspecified atom stereocenters. The van der Waals surface area contributed by atoms with Crippen LogP contribution in [0.4, 0.5) is 11.5 Å². The van der Waals surface area contributed by atoms with Crippen molar-refractivity contribution in [2.75, 3.05) is 16.4 Å². The van der Waals surface area contributed by atoms with Gasteiger partial charge < -0.3 is 15.6 Å². The highest BCUT2D eigenvalue weighted by molar-refractivity contribution is 9.10. The Morgan fingerprint density at radius 3 is 3.00 bits per heavy atom. The van der Waals surface area contributed by atoms with Crippen LogP contribution in [-0.4, -0.2) is 27.5 Å². The maximum atomic E-state index is 12.7. The van der Waals surface area contributed by atoms with Crippen LogP contribution in [-0.2, 0) is 9.59 Å². The van der Waals surface area contributed by atoms with Crippen LogP contribution in [0.1, 0.15) is 17.9 Å². The highest BCUT2D eigenvalue weighted by Crippen LogP contribution is 2.30. The molecule has 134 valence electrons. The molecule has 0 spiro atoms. The van der Waals surface area contributed by atoms with Gasteiger partial charge in [0.1, 0.15) is 5.82 Å². The summed E-state index contributed by atoms with van der Waals surface area (Å²) in [4.78, 5) is 44.1. The Morgan fingerprint density at radius 2 is 2.27 bits per heavy atom. The fourth-order valence-electron chi connectivity index (χ4n) is 2.58. The number of H-pyrrole nitrogens is 1. The van der Waals surface area contributed by atoms with Crippen molar-refractivity contribution in [3.63, 3.8) is 0 Å². The largest absolute Gasteiger partial charge is 0.326 e. The molecule has 9 heteroatoms. The Labute approximate surface area is 161 Å². The molecule has 0 fully saturated rings. The van der Waals surface area contributed by atoms with Gasteiger partial charge in [0, 0.05) is 22.3 Å². The standard InChI is InChI=1S/C17H15BrN4O3S/c1-2-6-26-17-21-14-13(16(25)22-17)11(8-12(23)20-14)15(24)19-10-5-3-4-9(18)7-10/h2-5,7,11H,1,6,8H2,(H,19,24)(H2,20,21,22,23,25)/t11-/m1/s1. The first-order valence-corrected chi connectivity index (χ1v) is 9.50. The van der Waals surface area contributed by atoms with Gasteiger partial charge in [-0.3, -0.25) is 14.4 Å². The van der Waals surface area contributed by atoms with Crippen LogP contribution in [0, 0.1) is 0 Å². The summed E-state index contributed by atoms with van der Waals surface area (Å²) in [5, 5.41) is 5.68. The monoisotopic (exact) mass is 434 g/mol. The van der Waals surface area contributed by atoms with Crippen molar-refractivity contribution < 1.29 is 9.59 Å². The third kappa shape index (κ3) is 4.05. The van der Waals surface area contributed by atoms with Crippen LogP contribution in [0.2, 0.25) is 0 Å². The van der Waals surface area contributed by atoms with E-state index >= 15 is 0 Å². The fraction of sp³-hybridized carbons (Fsp3) is 0.176. The zero-order valence-electron chi connectivity index (χ0n) is 13.5. The molecule has 1 aromatic heterocycles. The Balaban J connectivity index is 1.92. The first-order valence-electron chi connectivity index (χ1n) is 7.72. The molecule has 3 N–H and O–H groups in total. The van der Waals surface area contributed by atoms with E-state index in [0.29, 0.717) is 16.6 Å². The molecule has 0 saturated carbocycles. The number of amides is 2. The second-order valence-corrected chi connectivity index (χ2v) is 7.46. The van der Waals surface area contributed by atoms with Gasteiger partial charge in [-0.05, 0) is 18.2 Å². The minimum atomic E-state index is -0.910. The smallest absolute Gasteiger partial charge is 0.257 e. The predicted molar refractivity (Wildman–Crippen MR) is 105 cm³/mol.